The minimum atomic E-state index is -0.0502. The Hall–Kier alpha value is -0.220. The molecule has 0 aliphatic carbocycles. The Morgan fingerprint density at radius 2 is 1.80 bits per heavy atom. The second-order valence-corrected chi connectivity index (χ2v) is 8.20. The van der Waals surface area contributed by atoms with Crippen LogP contribution < -0.4 is 0 Å². The number of ether oxygens (including phenoxy) is 1. The van der Waals surface area contributed by atoms with Crippen LogP contribution in [0.4, 0.5) is 0 Å². The van der Waals surface area contributed by atoms with Crippen LogP contribution in [0.1, 0.15) is 53.4 Å². The van der Waals surface area contributed by atoms with Crippen molar-refractivity contribution in [3.05, 3.63) is 0 Å². The Kier molecular flexibility index (Phi) is 6.39. The van der Waals surface area contributed by atoms with E-state index in [0.717, 1.165) is 12.2 Å². The summed E-state index contributed by atoms with van der Waals surface area (Å²) in [7, 11) is 2.22. The minimum Gasteiger partial charge on any atom is -0.466 e. The number of hydrogen-bond acceptors (Lipinski definition) is 4. The predicted molar refractivity (Wildman–Crippen MR) is 87.2 cm³/mol. The molecule has 118 valence electrons. The first kappa shape index (κ1) is 17.8. The number of thioether (sulfide) groups is 1. The lowest BCUT2D eigenvalue weighted by Crippen LogP contribution is -2.58. The molecule has 20 heavy (non-hydrogen) atoms. The van der Waals surface area contributed by atoms with E-state index < -0.39 is 0 Å². The standard InChI is InChI=1S/C16H31NO2S/c1-15(2)11-13(12-16(3,4)17(15)5)7-9-19-14(18)8-10-20-6/h13H,7-12H2,1-6H3. The summed E-state index contributed by atoms with van der Waals surface area (Å²) in [5.74, 6) is 1.45. The molecular formula is C16H31NO2S. The van der Waals surface area contributed by atoms with E-state index in [2.05, 4.69) is 39.6 Å². The molecule has 1 heterocycles. The highest BCUT2D eigenvalue weighted by Crippen LogP contribution is 2.41. The van der Waals surface area contributed by atoms with Crippen LogP contribution in [0.2, 0.25) is 0 Å². The second-order valence-electron chi connectivity index (χ2n) is 7.21. The molecule has 1 rings (SSSR count). The molecule has 0 aromatic heterocycles. The van der Waals surface area contributed by atoms with Crippen LogP contribution in [0.25, 0.3) is 0 Å². The fraction of sp³-hybridized carbons (Fsp3) is 0.938. The summed E-state index contributed by atoms with van der Waals surface area (Å²) < 4.78 is 5.34. The van der Waals surface area contributed by atoms with E-state index in [-0.39, 0.29) is 17.0 Å². The summed E-state index contributed by atoms with van der Waals surface area (Å²) >= 11 is 1.68. The normalized spacial score (nSPS) is 22.7. The molecule has 4 heteroatoms. The summed E-state index contributed by atoms with van der Waals surface area (Å²) in [6, 6.07) is 0. The molecule has 0 atom stereocenters. The highest BCUT2D eigenvalue weighted by molar-refractivity contribution is 7.98. The molecule has 0 N–H and O–H groups in total. The van der Waals surface area contributed by atoms with Gasteiger partial charge in [-0.3, -0.25) is 9.69 Å². The van der Waals surface area contributed by atoms with Gasteiger partial charge in [0.1, 0.15) is 0 Å². The quantitative estimate of drug-likeness (QED) is 0.701. The molecule has 1 aliphatic heterocycles. The first-order valence-electron chi connectivity index (χ1n) is 7.57. The smallest absolute Gasteiger partial charge is 0.306 e. The molecular weight excluding hydrogens is 270 g/mol. The molecule has 1 saturated heterocycles. The Balaban J connectivity index is 2.40. The van der Waals surface area contributed by atoms with Crippen LogP contribution in [0.5, 0.6) is 0 Å². The number of esters is 1. The van der Waals surface area contributed by atoms with E-state index in [1.54, 1.807) is 11.8 Å². The van der Waals surface area contributed by atoms with E-state index in [4.69, 9.17) is 4.74 Å². The number of piperidine rings is 1. The highest BCUT2D eigenvalue weighted by Gasteiger charge is 2.42. The zero-order chi connectivity index (χ0) is 15.4. The van der Waals surface area contributed by atoms with E-state index in [0.29, 0.717) is 18.9 Å². The number of carbonyl (C=O) groups excluding carboxylic acids is 1. The third-order valence-corrected chi connectivity index (χ3v) is 5.30. The molecule has 0 aromatic carbocycles. The van der Waals surface area contributed by atoms with Crippen LogP contribution in [0, 0.1) is 5.92 Å². The van der Waals surface area contributed by atoms with Gasteiger partial charge >= 0.3 is 5.97 Å². The maximum absolute atomic E-state index is 11.5. The fourth-order valence-electron chi connectivity index (χ4n) is 3.38. The molecule has 3 nitrogen and oxygen atoms in total. The maximum Gasteiger partial charge on any atom is 0.306 e. The van der Waals surface area contributed by atoms with E-state index in [1.807, 2.05) is 6.26 Å². The maximum atomic E-state index is 11.5. The third-order valence-electron chi connectivity index (χ3n) is 4.69. The third kappa shape index (κ3) is 4.96. The fourth-order valence-corrected chi connectivity index (χ4v) is 3.75. The van der Waals surface area contributed by atoms with E-state index in [9.17, 15) is 4.79 Å². The Labute approximate surface area is 128 Å². The first-order chi connectivity index (χ1) is 9.19. The molecule has 0 aromatic rings. The molecule has 1 fully saturated rings. The summed E-state index contributed by atoms with van der Waals surface area (Å²) in [4.78, 5) is 14.0. The monoisotopic (exact) mass is 301 g/mol. The molecule has 0 radical (unpaired) electrons. The van der Waals surface area contributed by atoms with Crippen molar-refractivity contribution in [3.63, 3.8) is 0 Å². The van der Waals surface area contributed by atoms with Crippen molar-refractivity contribution in [1.82, 2.24) is 4.90 Å². The summed E-state index contributed by atoms with van der Waals surface area (Å²) in [6.45, 7) is 9.82. The Bertz CT molecular complexity index is 310. The van der Waals surface area contributed by atoms with Crippen LogP contribution in [-0.2, 0) is 9.53 Å². The highest BCUT2D eigenvalue weighted by atomic mass is 32.2. The zero-order valence-electron chi connectivity index (χ0n) is 14.0. The Morgan fingerprint density at radius 3 is 2.30 bits per heavy atom. The van der Waals surface area contributed by atoms with E-state index >= 15 is 0 Å². The van der Waals surface area contributed by atoms with Gasteiger partial charge in [0.2, 0.25) is 0 Å². The van der Waals surface area contributed by atoms with Crippen molar-refractivity contribution in [2.24, 2.45) is 5.92 Å². The zero-order valence-corrected chi connectivity index (χ0v) is 14.8. The van der Waals surface area contributed by atoms with Crippen molar-refractivity contribution in [1.29, 1.82) is 0 Å². The van der Waals surface area contributed by atoms with Crippen molar-refractivity contribution < 1.29 is 9.53 Å². The van der Waals surface area contributed by atoms with Gasteiger partial charge in [-0.25, -0.2) is 0 Å². The van der Waals surface area contributed by atoms with Gasteiger partial charge in [0.05, 0.1) is 13.0 Å². The molecule has 0 bridgehead atoms. The number of rotatable bonds is 6. The summed E-state index contributed by atoms with van der Waals surface area (Å²) in [5, 5.41) is 0. The number of nitrogens with zero attached hydrogens (tertiary/aromatic N) is 1. The van der Waals surface area contributed by atoms with Crippen molar-refractivity contribution in [3.8, 4) is 0 Å². The first-order valence-corrected chi connectivity index (χ1v) is 8.97. The minimum absolute atomic E-state index is 0.0502. The van der Waals surface area contributed by atoms with Gasteiger partial charge in [0, 0.05) is 16.8 Å². The topological polar surface area (TPSA) is 29.5 Å². The average Bonchev–Trinajstić information content (AvgIpc) is 2.32. The molecule has 0 amide bonds. The molecule has 1 aliphatic rings. The van der Waals surface area contributed by atoms with Gasteiger partial charge in [-0.1, -0.05) is 0 Å². The lowest BCUT2D eigenvalue weighted by molar-refractivity contribution is -0.143. The van der Waals surface area contributed by atoms with Crippen molar-refractivity contribution in [2.75, 3.05) is 25.7 Å². The lowest BCUT2D eigenvalue weighted by atomic mass is 9.73. The summed E-state index contributed by atoms with van der Waals surface area (Å²) in [5.41, 5.74) is 0.435. The molecule has 0 spiro atoms. The van der Waals surface area contributed by atoms with Gasteiger partial charge in [0.25, 0.3) is 0 Å². The van der Waals surface area contributed by atoms with Gasteiger partial charge in [-0.15, -0.1) is 0 Å². The molecule has 0 unspecified atom stereocenters. The van der Waals surface area contributed by atoms with Crippen LogP contribution in [0.15, 0.2) is 0 Å². The van der Waals surface area contributed by atoms with Crippen molar-refractivity contribution in [2.45, 2.75) is 64.5 Å². The number of likely N-dealkylation sites (tertiary alicyclic amines) is 1. The SMILES string of the molecule is CSCCC(=O)OCCC1CC(C)(C)N(C)C(C)(C)C1. The largest absolute Gasteiger partial charge is 0.466 e. The van der Waals surface area contributed by atoms with Crippen LogP contribution >= 0.6 is 11.8 Å². The van der Waals surface area contributed by atoms with Crippen molar-refractivity contribution >= 4 is 17.7 Å². The summed E-state index contributed by atoms with van der Waals surface area (Å²) in [6.07, 6.45) is 5.89. The molecule has 0 saturated carbocycles. The second kappa shape index (κ2) is 7.17. The van der Waals surface area contributed by atoms with Gasteiger partial charge in [-0.2, -0.15) is 11.8 Å². The van der Waals surface area contributed by atoms with Gasteiger partial charge in [-0.05, 0) is 66.2 Å². The lowest BCUT2D eigenvalue weighted by Gasteiger charge is -2.53. The van der Waals surface area contributed by atoms with Gasteiger partial charge in [0.15, 0.2) is 0 Å². The average molecular weight is 301 g/mol. The predicted octanol–water partition coefficient (Wildman–Crippen LogP) is 3.57. The number of carbonyl (C=O) groups is 1. The number of hydrogen-bond donors (Lipinski definition) is 0. The van der Waals surface area contributed by atoms with Crippen LogP contribution in [0.3, 0.4) is 0 Å². The Morgan fingerprint density at radius 1 is 1.25 bits per heavy atom. The van der Waals surface area contributed by atoms with Gasteiger partial charge < -0.3 is 4.74 Å². The van der Waals surface area contributed by atoms with E-state index in [1.165, 1.54) is 12.8 Å². The van der Waals surface area contributed by atoms with Crippen LogP contribution in [-0.4, -0.2) is 47.6 Å².